The van der Waals surface area contributed by atoms with E-state index < -0.39 is 5.54 Å². The molecule has 2 N–H and O–H groups in total. The minimum absolute atomic E-state index is 0. The van der Waals surface area contributed by atoms with Crippen LogP contribution in [0.15, 0.2) is 6.20 Å². The van der Waals surface area contributed by atoms with Gasteiger partial charge in [0.2, 0.25) is 5.91 Å². The number of carbonyl (C=O) groups excluding carboxylic acids is 1. The Morgan fingerprint density at radius 2 is 2.29 bits per heavy atom. The molecule has 5 nitrogen and oxygen atoms in total. The second-order valence-electron chi connectivity index (χ2n) is 6.30. The van der Waals surface area contributed by atoms with Crippen LogP contribution < -0.4 is 10.6 Å². The summed E-state index contributed by atoms with van der Waals surface area (Å²) in [6.45, 7) is 2.96. The van der Waals surface area contributed by atoms with Crippen molar-refractivity contribution in [1.82, 2.24) is 20.4 Å². The highest BCUT2D eigenvalue weighted by molar-refractivity contribution is 5.86. The molecule has 1 aromatic rings. The van der Waals surface area contributed by atoms with Crippen LogP contribution in [0.4, 0.5) is 0 Å². The van der Waals surface area contributed by atoms with Gasteiger partial charge in [-0.05, 0) is 52.0 Å². The van der Waals surface area contributed by atoms with E-state index in [4.69, 9.17) is 0 Å². The Balaban J connectivity index is 0.00000161. The molecule has 0 saturated carbocycles. The molecule has 1 amide bonds. The summed E-state index contributed by atoms with van der Waals surface area (Å²) in [5, 5.41) is 11.0. The first-order chi connectivity index (χ1) is 9.60. The Morgan fingerprint density at radius 3 is 3.00 bits per heavy atom. The number of halogens is 1. The summed E-state index contributed by atoms with van der Waals surface area (Å²) >= 11 is 0. The number of nitrogens with zero attached hydrogens (tertiary/aromatic N) is 2. The number of rotatable bonds is 2. The Kier molecular flexibility index (Phi) is 4.94. The zero-order valence-corrected chi connectivity index (χ0v) is 13.6. The number of piperidine rings is 1. The number of nitrogens with one attached hydrogen (secondary N) is 2. The van der Waals surface area contributed by atoms with Crippen LogP contribution in [0.5, 0.6) is 0 Å². The van der Waals surface area contributed by atoms with E-state index in [1.165, 1.54) is 17.7 Å². The molecule has 1 aliphatic carbocycles. The lowest BCUT2D eigenvalue weighted by Crippen LogP contribution is -2.57. The largest absolute Gasteiger partial charge is 0.348 e. The Bertz CT molecular complexity index is 508. The molecular formula is C15H25ClN4O. The van der Waals surface area contributed by atoms with Gasteiger partial charge < -0.3 is 10.6 Å². The average molecular weight is 313 g/mol. The molecule has 1 aromatic heterocycles. The van der Waals surface area contributed by atoms with Crippen molar-refractivity contribution in [3.63, 3.8) is 0 Å². The molecule has 2 unspecified atom stereocenters. The van der Waals surface area contributed by atoms with Gasteiger partial charge in [0, 0.05) is 18.3 Å². The predicted octanol–water partition coefficient (Wildman–Crippen LogP) is 1.87. The summed E-state index contributed by atoms with van der Waals surface area (Å²) in [5.74, 6) is 0.138. The predicted molar refractivity (Wildman–Crippen MR) is 84.5 cm³/mol. The lowest BCUT2D eigenvalue weighted by atomic mass is 9.88. The van der Waals surface area contributed by atoms with Crippen LogP contribution in [-0.4, -0.2) is 27.8 Å². The monoisotopic (exact) mass is 312 g/mol. The maximum Gasteiger partial charge on any atom is 0.240 e. The summed E-state index contributed by atoms with van der Waals surface area (Å²) < 4.78 is 1.94. The van der Waals surface area contributed by atoms with Crippen molar-refractivity contribution in [2.75, 3.05) is 6.54 Å². The summed E-state index contributed by atoms with van der Waals surface area (Å²) in [6.07, 6.45) is 8.32. The fourth-order valence-corrected chi connectivity index (χ4v) is 3.42. The zero-order chi connectivity index (χ0) is 14.2. The fourth-order valence-electron chi connectivity index (χ4n) is 3.42. The minimum atomic E-state index is -0.405. The van der Waals surface area contributed by atoms with Gasteiger partial charge in [0.15, 0.2) is 0 Å². The minimum Gasteiger partial charge on any atom is -0.348 e. The first-order valence-corrected chi connectivity index (χ1v) is 7.67. The molecule has 1 fully saturated rings. The van der Waals surface area contributed by atoms with Crippen LogP contribution in [0.3, 0.4) is 0 Å². The van der Waals surface area contributed by atoms with E-state index in [2.05, 4.69) is 15.7 Å². The molecule has 2 heterocycles. The highest BCUT2D eigenvalue weighted by Gasteiger charge is 2.36. The van der Waals surface area contributed by atoms with Crippen LogP contribution in [0, 0.1) is 0 Å². The van der Waals surface area contributed by atoms with E-state index in [1.54, 1.807) is 0 Å². The molecule has 21 heavy (non-hydrogen) atoms. The summed E-state index contributed by atoms with van der Waals surface area (Å²) in [6, 6.07) is 0.125. The van der Waals surface area contributed by atoms with E-state index in [-0.39, 0.29) is 24.4 Å². The summed E-state index contributed by atoms with van der Waals surface area (Å²) in [7, 11) is 1.98. The third kappa shape index (κ3) is 3.09. The van der Waals surface area contributed by atoms with Crippen molar-refractivity contribution >= 4 is 18.3 Å². The van der Waals surface area contributed by atoms with Gasteiger partial charge >= 0.3 is 0 Å². The quantitative estimate of drug-likeness (QED) is 0.876. The van der Waals surface area contributed by atoms with Crippen LogP contribution in [-0.2, 0) is 18.3 Å². The molecule has 2 atom stereocenters. The molecule has 0 bridgehead atoms. The first kappa shape index (κ1) is 16.3. The van der Waals surface area contributed by atoms with Crippen LogP contribution in [0.1, 0.15) is 56.3 Å². The van der Waals surface area contributed by atoms with Crippen molar-refractivity contribution in [1.29, 1.82) is 0 Å². The normalized spacial score (nSPS) is 28.4. The Labute approximate surface area is 132 Å². The smallest absolute Gasteiger partial charge is 0.240 e. The number of carbonyl (C=O) groups is 1. The van der Waals surface area contributed by atoms with Crippen LogP contribution in [0.25, 0.3) is 0 Å². The highest BCUT2D eigenvalue weighted by Crippen LogP contribution is 2.30. The molecule has 1 saturated heterocycles. The molecular weight excluding hydrogens is 288 g/mol. The van der Waals surface area contributed by atoms with E-state index in [0.29, 0.717) is 0 Å². The van der Waals surface area contributed by atoms with Crippen molar-refractivity contribution in [2.45, 2.75) is 57.0 Å². The fraction of sp³-hybridized carbons (Fsp3) is 0.733. The maximum absolute atomic E-state index is 12.6. The number of aryl methyl sites for hydroxylation is 1. The molecule has 1 aliphatic heterocycles. The van der Waals surface area contributed by atoms with Gasteiger partial charge in [-0.25, -0.2) is 0 Å². The molecule has 118 valence electrons. The lowest BCUT2D eigenvalue weighted by Gasteiger charge is -2.35. The lowest BCUT2D eigenvalue weighted by molar-refractivity contribution is -0.128. The van der Waals surface area contributed by atoms with Crippen LogP contribution in [0.2, 0.25) is 0 Å². The van der Waals surface area contributed by atoms with Crippen molar-refractivity contribution in [3.05, 3.63) is 17.5 Å². The van der Waals surface area contributed by atoms with Gasteiger partial charge in [-0.2, -0.15) is 5.10 Å². The van der Waals surface area contributed by atoms with Crippen LogP contribution >= 0.6 is 12.4 Å². The van der Waals surface area contributed by atoms with Gasteiger partial charge in [-0.1, -0.05) is 0 Å². The maximum atomic E-state index is 12.6. The van der Waals surface area contributed by atoms with E-state index in [9.17, 15) is 4.79 Å². The first-order valence-electron chi connectivity index (χ1n) is 7.67. The van der Waals surface area contributed by atoms with Gasteiger partial charge in [-0.3, -0.25) is 9.48 Å². The Morgan fingerprint density at radius 1 is 1.48 bits per heavy atom. The van der Waals surface area contributed by atoms with E-state index in [0.717, 1.165) is 38.6 Å². The standard InChI is InChI=1S/C15H24N4O.ClH/c1-15(8-3-4-9-16-15)14(20)18-12-6-5-7-13-11(12)10-17-19(13)2;/h10,12,16H,3-9H2,1-2H3,(H,18,20);1H. The van der Waals surface area contributed by atoms with Gasteiger partial charge in [0.25, 0.3) is 0 Å². The second-order valence-corrected chi connectivity index (χ2v) is 6.30. The van der Waals surface area contributed by atoms with Crippen molar-refractivity contribution in [2.24, 2.45) is 7.05 Å². The average Bonchev–Trinajstić information content (AvgIpc) is 2.83. The number of fused-ring (bicyclic) bond motifs is 1. The van der Waals surface area contributed by atoms with Gasteiger partial charge in [-0.15, -0.1) is 12.4 Å². The number of hydrogen-bond donors (Lipinski definition) is 2. The summed E-state index contributed by atoms with van der Waals surface area (Å²) in [5.41, 5.74) is 2.06. The highest BCUT2D eigenvalue weighted by atomic mass is 35.5. The van der Waals surface area contributed by atoms with Crippen molar-refractivity contribution < 1.29 is 4.79 Å². The molecule has 2 aliphatic rings. The molecule has 0 radical (unpaired) electrons. The van der Waals surface area contributed by atoms with E-state index >= 15 is 0 Å². The van der Waals surface area contributed by atoms with Gasteiger partial charge in [0.1, 0.15) is 0 Å². The SMILES string of the molecule is Cl.Cn1ncc2c1CCCC2NC(=O)C1(C)CCCCN1. The third-order valence-corrected chi connectivity index (χ3v) is 4.80. The Hall–Kier alpha value is -1.07. The summed E-state index contributed by atoms with van der Waals surface area (Å²) in [4.78, 5) is 12.6. The zero-order valence-electron chi connectivity index (χ0n) is 12.8. The number of amides is 1. The molecule has 0 aromatic carbocycles. The molecule has 6 heteroatoms. The molecule has 0 spiro atoms. The second kappa shape index (κ2) is 6.36. The molecule has 3 rings (SSSR count). The third-order valence-electron chi connectivity index (χ3n) is 4.80. The van der Waals surface area contributed by atoms with Gasteiger partial charge in [0.05, 0.1) is 17.8 Å². The number of aromatic nitrogens is 2. The topological polar surface area (TPSA) is 59.0 Å². The number of hydrogen-bond acceptors (Lipinski definition) is 3. The van der Waals surface area contributed by atoms with Crippen molar-refractivity contribution in [3.8, 4) is 0 Å². The van der Waals surface area contributed by atoms with E-state index in [1.807, 2.05) is 24.9 Å².